The highest BCUT2D eigenvalue weighted by Crippen LogP contribution is 2.44. The molecule has 0 unspecified atom stereocenters. The van der Waals surface area contributed by atoms with Crippen LogP contribution in [0, 0.1) is 0 Å². The normalized spacial score (nSPS) is 18.8. The maximum absolute atomic E-state index is 13.1. The lowest BCUT2D eigenvalue weighted by atomic mass is 9.98. The van der Waals surface area contributed by atoms with Gasteiger partial charge in [0.2, 0.25) is 0 Å². The first-order valence-electron chi connectivity index (χ1n) is 12.1. The van der Waals surface area contributed by atoms with Crippen molar-refractivity contribution in [2.24, 2.45) is 0 Å². The molecule has 1 aliphatic carbocycles. The fourth-order valence-electron chi connectivity index (χ4n) is 4.94. The molecular weight excluding hydrogens is 446 g/mol. The fourth-order valence-corrected chi connectivity index (χ4v) is 4.94. The minimum Gasteiger partial charge on any atom is -0.458 e. The van der Waals surface area contributed by atoms with E-state index < -0.39 is 30.3 Å². The smallest absolute Gasteiger partial charge is 0.410 e. The van der Waals surface area contributed by atoms with Crippen LogP contribution < -0.4 is 0 Å². The minimum absolute atomic E-state index is 0.0344. The van der Waals surface area contributed by atoms with E-state index in [0.717, 1.165) is 24.0 Å². The highest BCUT2D eigenvalue weighted by atomic mass is 16.7. The third-order valence-corrected chi connectivity index (χ3v) is 6.72. The van der Waals surface area contributed by atoms with Crippen molar-refractivity contribution in [1.29, 1.82) is 0 Å². The first-order chi connectivity index (χ1) is 17.0. The first kappa shape index (κ1) is 24.9. The van der Waals surface area contributed by atoms with Crippen molar-refractivity contribution < 1.29 is 28.5 Å². The van der Waals surface area contributed by atoms with E-state index in [2.05, 4.69) is 30.8 Å². The van der Waals surface area contributed by atoms with Crippen molar-refractivity contribution in [1.82, 2.24) is 4.90 Å². The molecular formula is C28H33NO6. The number of nitrogens with zero attached hydrogens (tertiary/aromatic N) is 1. The van der Waals surface area contributed by atoms with Gasteiger partial charge in [-0.25, -0.2) is 9.59 Å². The summed E-state index contributed by atoms with van der Waals surface area (Å²) in [6.07, 6.45) is 2.19. The molecule has 7 heteroatoms. The Morgan fingerprint density at radius 2 is 1.74 bits per heavy atom. The fraction of sp³-hybridized carbons (Fsp3) is 0.429. The predicted octanol–water partition coefficient (Wildman–Crippen LogP) is 4.90. The molecule has 35 heavy (non-hydrogen) atoms. The molecule has 1 amide bonds. The number of piperidine rings is 1. The predicted molar refractivity (Wildman–Crippen MR) is 132 cm³/mol. The number of amides is 1. The van der Waals surface area contributed by atoms with Crippen LogP contribution in [0.2, 0.25) is 0 Å². The molecule has 2 aliphatic rings. The number of methoxy groups -OCH3 is 1. The van der Waals surface area contributed by atoms with Gasteiger partial charge in [0.05, 0.1) is 0 Å². The molecule has 1 saturated heterocycles. The van der Waals surface area contributed by atoms with Crippen LogP contribution in [0.5, 0.6) is 0 Å². The number of ether oxygens (including phenoxy) is 4. The highest BCUT2D eigenvalue weighted by molar-refractivity contribution is 5.82. The molecule has 186 valence electrons. The van der Waals surface area contributed by atoms with E-state index >= 15 is 0 Å². The number of rotatable bonds is 9. The number of fused-ring (bicyclic) bond motifs is 3. The molecule has 7 nitrogen and oxygen atoms in total. The van der Waals surface area contributed by atoms with E-state index in [9.17, 15) is 9.59 Å². The third kappa shape index (κ3) is 5.41. The lowest BCUT2D eigenvalue weighted by Crippen LogP contribution is -2.50. The van der Waals surface area contributed by atoms with Gasteiger partial charge in [-0.2, -0.15) is 0 Å². The summed E-state index contributed by atoms with van der Waals surface area (Å²) < 4.78 is 21.9. The van der Waals surface area contributed by atoms with Gasteiger partial charge >= 0.3 is 12.1 Å². The number of esters is 1. The van der Waals surface area contributed by atoms with Crippen LogP contribution in [0.25, 0.3) is 11.1 Å². The Balaban J connectivity index is 1.41. The molecule has 0 radical (unpaired) electrons. The molecule has 4 rings (SSSR count). The van der Waals surface area contributed by atoms with Crippen molar-refractivity contribution in [2.75, 3.05) is 27.1 Å². The second-order valence-corrected chi connectivity index (χ2v) is 8.92. The SMILES string of the molecule is C=C[C@H](OCOC)[C@@H](C)OC(=O)[C@@H]1CCCCN1C(=O)OCC1c2ccccc2-c2ccccc21. The Labute approximate surface area is 206 Å². The molecule has 2 aromatic carbocycles. The van der Waals surface area contributed by atoms with Gasteiger partial charge in [-0.05, 0) is 48.4 Å². The molecule has 0 spiro atoms. The summed E-state index contributed by atoms with van der Waals surface area (Å²) >= 11 is 0. The zero-order chi connectivity index (χ0) is 24.8. The van der Waals surface area contributed by atoms with E-state index in [-0.39, 0.29) is 19.3 Å². The number of likely N-dealkylation sites (tertiary alicyclic amines) is 1. The van der Waals surface area contributed by atoms with Crippen LogP contribution in [0.15, 0.2) is 61.2 Å². The van der Waals surface area contributed by atoms with E-state index in [4.69, 9.17) is 18.9 Å². The lowest BCUT2D eigenvalue weighted by molar-refractivity contribution is -0.165. The second kappa shape index (κ2) is 11.5. The Kier molecular flexibility index (Phi) is 8.21. The molecule has 3 atom stereocenters. The summed E-state index contributed by atoms with van der Waals surface area (Å²) in [6.45, 7) is 6.20. The Morgan fingerprint density at radius 1 is 1.09 bits per heavy atom. The number of hydrogen-bond donors (Lipinski definition) is 0. The second-order valence-electron chi connectivity index (χ2n) is 8.92. The van der Waals surface area contributed by atoms with E-state index in [1.54, 1.807) is 13.0 Å². The van der Waals surface area contributed by atoms with Crippen molar-refractivity contribution in [3.8, 4) is 11.1 Å². The van der Waals surface area contributed by atoms with Crippen molar-refractivity contribution in [2.45, 2.75) is 50.4 Å². The van der Waals surface area contributed by atoms with Crippen molar-refractivity contribution in [3.05, 3.63) is 72.3 Å². The first-order valence-corrected chi connectivity index (χ1v) is 12.1. The molecule has 1 heterocycles. The van der Waals surface area contributed by atoms with E-state index in [0.29, 0.717) is 13.0 Å². The van der Waals surface area contributed by atoms with Gasteiger partial charge in [-0.3, -0.25) is 4.90 Å². The lowest BCUT2D eigenvalue weighted by Gasteiger charge is -2.34. The molecule has 2 aromatic rings. The van der Waals surface area contributed by atoms with Crippen LogP contribution >= 0.6 is 0 Å². The van der Waals surface area contributed by atoms with Gasteiger partial charge in [0.15, 0.2) is 0 Å². The standard InChI is InChI=1S/C28H33NO6/c1-4-26(34-18-32-3)19(2)35-27(30)25-15-9-10-16-29(25)28(31)33-17-24-22-13-7-5-11-20(22)21-12-6-8-14-23(21)24/h4-8,11-14,19,24-26H,1,9-10,15-18H2,2-3H3/t19-,25+,26+/m1/s1. The van der Waals surface area contributed by atoms with Crippen LogP contribution in [-0.4, -0.2) is 62.3 Å². The Bertz CT molecular complexity index is 1010. The molecule has 1 aliphatic heterocycles. The van der Waals surface area contributed by atoms with Crippen LogP contribution in [0.1, 0.15) is 43.2 Å². The van der Waals surface area contributed by atoms with Crippen LogP contribution in [-0.2, 0) is 23.7 Å². The molecule has 0 N–H and O–H groups in total. The number of hydrogen-bond acceptors (Lipinski definition) is 6. The maximum Gasteiger partial charge on any atom is 0.410 e. The average molecular weight is 480 g/mol. The minimum atomic E-state index is -0.685. The number of carbonyl (C=O) groups is 2. The third-order valence-electron chi connectivity index (χ3n) is 6.72. The van der Waals surface area contributed by atoms with Gasteiger partial charge in [0, 0.05) is 19.6 Å². The van der Waals surface area contributed by atoms with Crippen LogP contribution in [0.4, 0.5) is 4.79 Å². The summed E-state index contributed by atoms with van der Waals surface area (Å²) in [6, 6.07) is 15.7. The van der Waals surface area contributed by atoms with Gasteiger partial charge in [0.25, 0.3) is 0 Å². The van der Waals surface area contributed by atoms with Gasteiger partial charge in [0.1, 0.15) is 31.6 Å². The Hall–Kier alpha value is -3.16. The quantitative estimate of drug-likeness (QED) is 0.289. The van der Waals surface area contributed by atoms with Crippen molar-refractivity contribution in [3.63, 3.8) is 0 Å². The number of benzene rings is 2. The average Bonchev–Trinajstić information content (AvgIpc) is 3.21. The summed E-state index contributed by atoms with van der Waals surface area (Å²) in [5.74, 6) is -0.494. The summed E-state index contributed by atoms with van der Waals surface area (Å²) in [5, 5.41) is 0. The van der Waals surface area contributed by atoms with Gasteiger partial charge in [-0.1, -0.05) is 54.6 Å². The zero-order valence-corrected chi connectivity index (χ0v) is 20.4. The highest BCUT2D eigenvalue weighted by Gasteiger charge is 2.37. The molecule has 1 fully saturated rings. The van der Waals surface area contributed by atoms with E-state index in [1.807, 2.05) is 24.3 Å². The number of carbonyl (C=O) groups excluding carboxylic acids is 2. The maximum atomic E-state index is 13.1. The molecule has 0 bridgehead atoms. The van der Waals surface area contributed by atoms with Crippen LogP contribution in [0.3, 0.4) is 0 Å². The Morgan fingerprint density at radius 3 is 2.37 bits per heavy atom. The van der Waals surface area contributed by atoms with Gasteiger partial charge < -0.3 is 18.9 Å². The summed E-state index contributed by atoms with van der Waals surface area (Å²) in [5.41, 5.74) is 4.64. The monoisotopic (exact) mass is 479 g/mol. The van der Waals surface area contributed by atoms with E-state index in [1.165, 1.54) is 23.1 Å². The summed E-state index contributed by atoms with van der Waals surface area (Å²) in [7, 11) is 1.52. The van der Waals surface area contributed by atoms with Gasteiger partial charge in [-0.15, -0.1) is 6.58 Å². The topological polar surface area (TPSA) is 74.3 Å². The zero-order valence-electron chi connectivity index (χ0n) is 20.4. The van der Waals surface area contributed by atoms with Crippen molar-refractivity contribution >= 4 is 12.1 Å². The molecule has 0 aromatic heterocycles. The largest absolute Gasteiger partial charge is 0.458 e. The summed E-state index contributed by atoms with van der Waals surface area (Å²) in [4.78, 5) is 27.7. The molecule has 0 saturated carbocycles.